The number of esters is 1. The van der Waals surface area contributed by atoms with E-state index in [4.69, 9.17) is 4.74 Å². The minimum atomic E-state index is -0.301. The lowest BCUT2D eigenvalue weighted by atomic mass is 10.0. The molecule has 0 saturated carbocycles. The number of carbonyl (C=O) groups excluding carboxylic acids is 2. The van der Waals surface area contributed by atoms with Crippen molar-refractivity contribution in [1.82, 2.24) is 5.32 Å². The van der Waals surface area contributed by atoms with E-state index < -0.39 is 0 Å². The van der Waals surface area contributed by atoms with Crippen molar-refractivity contribution in [3.63, 3.8) is 0 Å². The number of carbonyl (C=O) groups is 2. The molecule has 1 aromatic rings. The molecule has 0 aliphatic rings. The Hall–Kier alpha value is -1.88. The van der Waals surface area contributed by atoms with Gasteiger partial charge in [-0.2, -0.15) is 0 Å². The first kappa shape index (κ1) is 17.2. The van der Waals surface area contributed by atoms with Crippen molar-refractivity contribution in [3.8, 4) is 0 Å². The van der Waals surface area contributed by atoms with Crippen LogP contribution in [0.4, 0.5) is 5.69 Å². The Morgan fingerprint density at radius 2 is 1.81 bits per heavy atom. The number of rotatable bonds is 7. The minimum Gasteiger partial charge on any atom is -0.468 e. The molecule has 0 saturated heterocycles. The molecule has 1 rings (SSSR count). The van der Waals surface area contributed by atoms with Gasteiger partial charge in [0.1, 0.15) is 6.04 Å². The van der Waals surface area contributed by atoms with Crippen LogP contribution in [0.5, 0.6) is 0 Å². The third-order valence-corrected chi connectivity index (χ3v) is 3.02. The molecule has 2 N–H and O–H groups in total. The van der Waals surface area contributed by atoms with Crippen molar-refractivity contribution < 1.29 is 14.3 Å². The first-order chi connectivity index (χ1) is 9.92. The highest BCUT2D eigenvalue weighted by molar-refractivity contribution is 5.88. The number of hydrogen-bond acceptors (Lipinski definition) is 4. The van der Waals surface area contributed by atoms with Crippen molar-refractivity contribution in [2.75, 3.05) is 12.4 Å². The van der Waals surface area contributed by atoms with Crippen LogP contribution in [-0.4, -0.2) is 25.0 Å². The normalized spacial score (nSPS) is 12.0. The van der Waals surface area contributed by atoms with Crippen LogP contribution in [0.2, 0.25) is 0 Å². The Kier molecular flexibility index (Phi) is 6.88. The second-order valence-corrected chi connectivity index (χ2v) is 5.46. The van der Waals surface area contributed by atoms with Crippen LogP contribution in [-0.2, 0) is 20.9 Å². The quantitative estimate of drug-likeness (QED) is 0.757. The number of amides is 1. The van der Waals surface area contributed by atoms with E-state index in [1.807, 2.05) is 24.3 Å². The largest absolute Gasteiger partial charge is 0.468 e. The van der Waals surface area contributed by atoms with Gasteiger partial charge in [0, 0.05) is 19.2 Å². The zero-order valence-corrected chi connectivity index (χ0v) is 13.1. The van der Waals surface area contributed by atoms with Crippen LogP contribution in [0.25, 0.3) is 0 Å². The molecule has 5 nitrogen and oxygen atoms in total. The number of methoxy groups -OCH3 is 1. The van der Waals surface area contributed by atoms with Crippen molar-refractivity contribution in [2.45, 2.75) is 39.8 Å². The van der Waals surface area contributed by atoms with Gasteiger partial charge in [0.05, 0.1) is 7.11 Å². The summed E-state index contributed by atoms with van der Waals surface area (Å²) in [5.41, 5.74) is 1.81. The third-order valence-electron chi connectivity index (χ3n) is 3.02. The molecular formula is C16H24N2O3. The Morgan fingerprint density at radius 1 is 1.19 bits per heavy atom. The predicted molar refractivity (Wildman–Crippen MR) is 82.8 cm³/mol. The number of ether oxygens (including phenoxy) is 1. The zero-order chi connectivity index (χ0) is 15.8. The van der Waals surface area contributed by atoms with E-state index in [9.17, 15) is 9.59 Å². The van der Waals surface area contributed by atoms with Crippen LogP contribution >= 0.6 is 0 Å². The van der Waals surface area contributed by atoms with E-state index in [1.165, 1.54) is 14.0 Å². The lowest BCUT2D eigenvalue weighted by Crippen LogP contribution is -2.38. The molecule has 0 fully saturated rings. The maximum Gasteiger partial charge on any atom is 0.322 e. The fourth-order valence-corrected chi connectivity index (χ4v) is 2.03. The van der Waals surface area contributed by atoms with E-state index >= 15 is 0 Å². The molecule has 0 bridgehead atoms. The number of nitrogens with one attached hydrogen (secondary N) is 2. The maximum absolute atomic E-state index is 11.7. The van der Waals surface area contributed by atoms with Gasteiger partial charge in [-0.05, 0) is 30.0 Å². The van der Waals surface area contributed by atoms with Crippen molar-refractivity contribution in [1.29, 1.82) is 0 Å². The molecule has 0 aliphatic heterocycles. The molecule has 0 aromatic heterocycles. The molecule has 5 heteroatoms. The van der Waals surface area contributed by atoms with E-state index in [0.717, 1.165) is 17.7 Å². The summed E-state index contributed by atoms with van der Waals surface area (Å²) in [6, 6.07) is 7.22. The summed E-state index contributed by atoms with van der Waals surface area (Å²) in [4.78, 5) is 22.7. The summed E-state index contributed by atoms with van der Waals surface area (Å²) in [6.45, 7) is 6.19. The molecule has 1 aromatic carbocycles. The van der Waals surface area contributed by atoms with Crippen molar-refractivity contribution in [2.24, 2.45) is 5.92 Å². The molecule has 0 radical (unpaired) electrons. The smallest absolute Gasteiger partial charge is 0.322 e. The molecular weight excluding hydrogens is 268 g/mol. The minimum absolute atomic E-state index is 0.0939. The second-order valence-electron chi connectivity index (χ2n) is 5.46. The lowest BCUT2D eigenvalue weighted by Gasteiger charge is -2.18. The van der Waals surface area contributed by atoms with Gasteiger partial charge in [-0.15, -0.1) is 0 Å². The fourth-order valence-electron chi connectivity index (χ4n) is 2.03. The van der Waals surface area contributed by atoms with Crippen molar-refractivity contribution in [3.05, 3.63) is 29.8 Å². The van der Waals surface area contributed by atoms with Gasteiger partial charge in [0.25, 0.3) is 0 Å². The fraction of sp³-hybridized carbons (Fsp3) is 0.500. The Bertz CT molecular complexity index is 469. The molecule has 0 heterocycles. The Labute approximate surface area is 126 Å². The summed E-state index contributed by atoms with van der Waals surface area (Å²) in [5.74, 6) is 0.0749. The van der Waals surface area contributed by atoms with Crippen LogP contribution < -0.4 is 10.6 Å². The Morgan fingerprint density at radius 3 is 2.29 bits per heavy atom. The first-order valence-electron chi connectivity index (χ1n) is 7.10. The molecule has 0 aliphatic carbocycles. The van der Waals surface area contributed by atoms with E-state index in [1.54, 1.807) is 0 Å². The highest BCUT2D eigenvalue weighted by Crippen LogP contribution is 2.11. The van der Waals surface area contributed by atoms with Gasteiger partial charge in [-0.1, -0.05) is 26.0 Å². The molecule has 0 spiro atoms. The molecule has 21 heavy (non-hydrogen) atoms. The average Bonchev–Trinajstić information content (AvgIpc) is 2.43. The average molecular weight is 292 g/mol. The van der Waals surface area contributed by atoms with Gasteiger partial charge in [-0.25, -0.2) is 0 Å². The van der Waals surface area contributed by atoms with E-state index in [0.29, 0.717) is 12.5 Å². The molecule has 1 amide bonds. The molecule has 116 valence electrons. The third kappa shape index (κ3) is 6.40. The highest BCUT2D eigenvalue weighted by atomic mass is 16.5. The van der Waals surface area contributed by atoms with Gasteiger partial charge in [0.2, 0.25) is 5.91 Å². The summed E-state index contributed by atoms with van der Waals surface area (Å²) >= 11 is 0. The van der Waals surface area contributed by atoms with Crippen LogP contribution in [0, 0.1) is 5.92 Å². The highest BCUT2D eigenvalue weighted by Gasteiger charge is 2.19. The van der Waals surface area contributed by atoms with Gasteiger partial charge in [0.15, 0.2) is 0 Å². The standard InChI is InChI=1S/C16H24N2O3/c1-11(2)9-15(16(20)21-4)17-10-13-5-7-14(8-6-13)18-12(3)19/h5-8,11,15,17H,9-10H2,1-4H3,(H,18,19). The van der Waals surface area contributed by atoms with E-state index in [-0.39, 0.29) is 17.9 Å². The number of hydrogen-bond donors (Lipinski definition) is 2. The number of anilines is 1. The predicted octanol–water partition coefficient (Wildman–Crippen LogP) is 2.32. The number of benzene rings is 1. The van der Waals surface area contributed by atoms with Crippen molar-refractivity contribution >= 4 is 17.6 Å². The van der Waals surface area contributed by atoms with Gasteiger partial charge < -0.3 is 15.4 Å². The first-order valence-corrected chi connectivity index (χ1v) is 7.10. The maximum atomic E-state index is 11.7. The second kappa shape index (κ2) is 8.42. The Balaban J connectivity index is 2.58. The van der Waals surface area contributed by atoms with Gasteiger partial charge in [-0.3, -0.25) is 9.59 Å². The van der Waals surface area contributed by atoms with E-state index in [2.05, 4.69) is 24.5 Å². The van der Waals surface area contributed by atoms with Crippen LogP contribution in [0.1, 0.15) is 32.8 Å². The summed E-state index contributed by atoms with van der Waals surface area (Å²) in [5, 5.41) is 5.93. The monoisotopic (exact) mass is 292 g/mol. The van der Waals surface area contributed by atoms with Crippen LogP contribution in [0.15, 0.2) is 24.3 Å². The zero-order valence-electron chi connectivity index (χ0n) is 13.1. The summed E-state index contributed by atoms with van der Waals surface area (Å²) < 4.78 is 4.82. The summed E-state index contributed by atoms with van der Waals surface area (Å²) in [7, 11) is 1.40. The van der Waals surface area contributed by atoms with Gasteiger partial charge >= 0.3 is 5.97 Å². The molecule has 1 atom stereocenters. The lowest BCUT2D eigenvalue weighted by molar-refractivity contribution is -0.143. The van der Waals surface area contributed by atoms with Crippen LogP contribution in [0.3, 0.4) is 0 Å². The SMILES string of the molecule is COC(=O)C(CC(C)C)NCc1ccc(NC(C)=O)cc1. The summed E-state index contributed by atoms with van der Waals surface area (Å²) in [6.07, 6.45) is 0.733. The molecule has 1 unspecified atom stereocenters. The topological polar surface area (TPSA) is 67.4 Å².